The van der Waals surface area contributed by atoms with Crippen molar-refractivity contribution in [1.82, 2.24) is 0 Å². The van der Waals surface area contributed by atoms with E-state index in [0.29, 0.717) is 0 Å². The summed E-state index contributed by atoms with van der Waals surface area (Å²) in [5, 5.41) is 18.2. The highest BCUT2D eigenvalue weighted by molar-refractivity contribution is 5.72. The zero-order chi connectivity index (χ0) is 14.3. The third-order valence-corrected chi connectivity index (χ3v) is 2.48. The van der Waals surface area contributed by atoms with Gasteiger partial charge in [0.1, 0.15) is 11.6 Å². The molecule has 0 unspecified atom stereocenters. The number of hydrogen-bond acceptors (Lipinski definition) is 2. The Morgan fingerprint density at radius 1 is 0.684 bits per heavy atom. The Balaban J connectivity index is 2.92. The standard InChI is InChI=1S/C12H5F5O2/c13-4-2-1-3-5(18)6(4)7-8(14)10(16)12(19)11(17)9(7)15/h1-3,18-19H. The van der Waals surface area contributed by atoms with Crippen LogP contribution < -0.4 is 0 Å². The Bertz CT molecular complexity index is 620. The first-order chi connectivity index (χ1) is 8.86. The number of hydrogen-bond donors (Lipinski definition) is 2. The Hall–Kier alpha value is -2.31. The average Bonchev–Trinajstić information content (AvgIpc) is 2.37. The van der Waals surface area contributed by atoms with Crippen LogP contribution in [0, 0.1) is 29.1 Å². The Labute approximate surface area is 103 Å². The first-order valence-corrected chi connectivity index (χ1v) is 4.89. The molecule has 2 N–H and O–H groups in total. The smallest absolute Gasteiger partial charge is 0.204 e. The van der Waals surface area contributed by atoms with Crippen molar-refractivity contribution in [2.45, 2.75) is 0 Å². The molecule has 2 aromatic carbocycles. The summed E-state index contributed by atoms with van der Waals surface area (Å²) in [7, 11) is 0. The van der Waals surface area contributed by atoms with E-state index in [9.17, 15) is 27.1 Å². The molecule has 0 spiro atoms. The fraction of sp³-hybridized carbons (Fsp3) is 0. The van der Waals surface area contributed by atoms with E-state index < -0.39 is 51.7 Å². The van der Waals surface area contributed by atoms with Gasteiger partial charge in [-0.2, -0.15) is 8.78 Å². The number of aromatic hydroxyl groups is 2. The third kappa shape index (κ3) is 1.87. The lowest BCUT2D eigenvalue weighted by atomic mass is 10.0. The molecule has 0 bridgehead atoms. The molecule has 0 heterocycles. The summed E-state index contributed by atoms with van der Waals surface area (Å²) < 4.78 is 66.8. The molecular formula is C12H5F5O2. The highest BCUT2D eigenvalue weighted by atomic mass is 19.2. The topological polar surface area (TPSA) is 40.5 Å². The van der Waals surface area contributed by atoms with Crippen LogP contribution >= 0.6 is 0 Å². The van der Waals surface area contributed by atoms with Crippen LogP contribution in [-0.2, 0) is 0 Å². The predicted octanol–water partition coefficient (Wildman–Crippen LogP) is 3.46. The minimum absolute atomic E-state index is 0.747. The largest absolute Gasteiger partial charge is 0.507 e. The molecular weight excluding hydrogens is 271 g/mol. The number of rotatable bonds is 1. The van der Waals surface area contributed by atoms with Gasteiger partial charge in [-0.25, -0.2) is 13.2 Å². The summed E-state index contributed by atoms with van der Waals surface area (Å²) in [5.41, 5.74) is -2.46. The lowest BCUT2D eigenvalue weighted by Gasteiger charge is -2.11. The summed E-state index contributed by atoms with van der Waals surface area (Å²) in [4.78, 5) is 0. The second-order valence-corrected chi connectivity index (χ2v) is 3.61. The predicted molar refractivity (Wildman–Crippen MR) is 55.0 cm³/mol. The highest BCUT2D eigenvalue weighted by Gasteiger charge is 2.29. The van der Waals surface area contributed by atoms with E-state index in [1.807, 2.05) is 0 Å². The van der Waals surface area contributed by atoms with Gasteiger partial charge in [-0.1, -0.05) is 6.07 Å². The molecule has 0 aliphatic rings. The summed E-state index contributed by atoms with van der Waals surface area (Å²) in [6.45, 7) is 0. The Kier molecular flexibility index (Phi) is 3.05. The van der Waals surface area contributed by atoms with Gasteiger partial charge >= 0.3 is 0 Å². The second kappa shape index (κ2) is 4.42. The molecule has 0 saturated carbocycles. The summed E-state index contributed by atoms with van der Waals surface area (Å²) in [6, 6.07) is 2.67. The van der Waals surface area contributed by atoms with Crippen LogP contribution in [0.2, 0.25) is 0 Å². The first-order valence-electron chi connectivity index (χ1n) is 4.89. The average molecular weight is 276 g/mol. The van der Waals surface area contributed by atoms with E-state index in [4.69, 9.17) is 5.11 Å². The molecule has 0 radical (unpaired) electrons. The molecule has 2 rings (SSSR count). The maximum Gasteiger partial charge on any atom is 0.204 e. The van der Waals surface area contributed by atoms with E-state index >= 15 is 0 Å². The van der Waals surface area contributed by atoms with Crippen LogP contribution in [-0.4, -0.2) is 10.2 Å². The van der Waals surface area contributed by atoms with Crippen molar-refractivity contribution in [2.75, 3.05) is 0 Å². The lowest BCUT2D eigenvalue weighted by Crippen LogP contribution is -2.01. The lowest BCUT2D eigenvalue weighted by molar-refractivity contribution is 0.358. The molecule has 0 atom stereocenters. The zero-order valence-electron chi connectivity index (χ0n) is 9.02. The number of phenolic OH excluding ortho intramolecular Hbond substituents is 2. The van der Waals surface area contributed by atoms with Crippen LogP contribution in [0.1, 0.15) is 0 Å². The molecule has 0 aliphatic heterocycles. The molecule has 0 aromatic heterocycles. The monoisotopic (exact) mass is 276 g/mol. The molecule has 0 saturated heterocycles. The van der Waals surface area contributed by atoms with Gasteiger partial charge in [-0.05, 0) is 12.1 Å². The quantitative estimate of drug-likeness (QED) is 0.618. The van der Waals surface area contributed by atoms with Gasteiger partial charge in [0, 0.05) is 0 Å². The third-order valence-electron chi connectivity index (χ3n) is 2.48. The number of benzene rings is 2. The van der Waals surface area contributed by atoms with Crippen molar-refractivity contribution in [3.05, 3.63) is 47.3 Å². The maximum atomic E-state index is 13.5. The van der Waals surface area contributed by atoms with Crippen LogP contribution in [0.4, 0.5) is 22.0 Å². The van der Waals surface area contributed by atoms with Crippen molar-refractivity contribution < 1.29 is 32.2 Å². The highest BCUT2D eigenvalue weighted by Crippen LogP contribution is 2.39. The van der Waals surface area contributed by atoms with Crippen LogP contribution in [0.15, 0.2) is 18.2 Å². The minimum atomic E-state index is -2.07. The first kappa shape index (κ1) is 13.1. The van der Waals surface area contributed by atoms with E-state index in [0.717, 1.165) is 18.2 Å². The van der Waals surface area contributed by atoms with Crippen LogP contribution in [0.5, 0.6) is 11.5 Å². The van der Waals surface area contributed by atoms with E-state index in [-0.39, 0.29) is 0 Å². The second-order valence-electron chi connectivity index (χ2n) is 3.61. The van der Waals surface area contributed by atoms with Gasteiger partial charge in [0.05, 0.1) is 11.1 Å². The summed E-state index contributed by atoms with van der Waals surface area (Å²) in [5.74, 6) is -12.2. The normalized spacial score (nSPS) is 10.8. The Morgan fingerprint density at radius 3 is 1.68 bits per heavy atom. The van der Waals surface area contributed by atoms with E-state index in [1.54, 1.807) is 0 Å². The molecule has 2 aromatic rings. The molecule has 0 aliphatic carbocycles. The fourth-order valence-corrected chi connectivity index (χ4v) is 1.60. The van der Waals surface area contributed by atoms with Crippen molar-refractivity contribution in [3.8, 4) is 22.6 Å². The molecule has 100 valence electrons. The number of phenols is 2. The maximum absolute atomic E-state index is 13.5. The molecule has 0 amide bonds. The fourth-order valence-electron chi connectivity index (χ4n) is 1.60. The van der Waals surface area contributed by atoms with Gasteiger partial charge in [-0.3, -0.25) is 0 Å². The van der Waals surface area contributed by atoms with Crippen LogP contribution in [0.3, 0.4) is 0 Å². The molecule has 19 heavy (non-hydrogen) atoms. The van der Waals surface area contributed by atoms with E-state index in [1.165, 1.54) is 0 Å². The SMILES string of the molecule is Oc1cccc(F)c1-c1c(F)c(F)c(O)c(F)c1F. The minimum Gasteiger partial charge on any atom is -0.507 e. The number of halogens is 5. The zero-order valence-corrected chi connectivity index (χ0v) is 9.02. The van der Waals surface area contributed by atoms with Gasteiger partial charge in [0.25, 0.3) is 0 Å². The molecule has 2 nitrogen and oxygen atoms in total. The van der Waals surface area contributed by atoms with Crippen molar-refractivity contribution in [3.63, 3.8) is 0 Å². The van der Waals surface area contributed by atoms with Crippen molar-refractivity contribution >= 4 is 0 Å². The van der Waals surface area contributed by atoms with Gasteiger partial charge in [0.15, 0.2) is 17.4 Å². The van der Waals surface area contributed by atoms with Gasteiger partial charge in [0.2, 0.25) is 11.6 Å². The summed E-state index contributed by atoms with van der Waals surface area (Å²) >= 11 is 0. The van der Waals surface area contributed by atoms with Gasteiger partial charge in [-0.15, -0.1) is 0 Å². The van der Waals surface area contributed by atoms with E-state index in [2.05, 4.69) is 0 Å². The molecule has 0 fully saturated rings. The van der Waals surface area contributed by atoms with Gasteiger partial charge < -0.3 is 10.2 Å². The van der Waals surface area contributed by atoms with Crippen molar-refractivity contribution in [1.29, 1.82) is 0 Å². The Morgan fingerprint density at radius 2 is 1.21 bits per heavy atom. The molecule has 7 heteroatoms. The van der Waals surface area contributed by atoms with Crippen LogP contribution in [0.25, 0.3) is 11.1 Å². The summed E-state index contributed by atoms with van der Waals surface area (Å²) in [6.07, 6.45) is 0. The van der Waals surface area contributed by atoms with Crippen molar-refractivity contribution in [2.24, 2.45) is 0 Å².